The molecule has 0 amide bonds. The molecule has 0 spiro atoms. The van der Waals surface area contributed by atoms with Gasteiger partial charge in [-0.15, -0.1) is 0 Å². The molecule has 5 atom stereocenters. The Morgan fingerprint density at radius 1 is 0.970 bits per heavy atom. The highest BCUT2D eigenvalue weighted by Crippen LogP contribution is 2.40. The normalized spacial score (nSPS) is 27.2. The number of cyclic esters (lactones) is 1. The molecule has 0 saturated heterocycles. The van der Waals surface area contributed by atoms with Gasteiger partial charge in [-0.3, -0.25) is 4.79 Å². The summed E-state index contributed by atoms with van der Waals surface area (Å²) < 4.78 is 24.1. The van der Waals surface area contributed by atoms with Crippen LogP contribution in [-0.2, 0) is 25.6 Å². The average Bonchev–Trinajstić information content (AvgIpc) is 2.89. The van der Waals surface area contributed by atoms with Crippen LogP contribution in [0, 0.1) is 5.92 Å². The minimum Gasteiger partial charge on any atom is -0.497 e. The van der Waals surface area contributed by atoms with Crippen LogP contribution in [0.2, 0.25) is 0 Å². The number of methoxy groups -OCH3 is 1. The van der Waals surface area contributed by atoms with Crippen molar-refractivity contribution in [1.82, 2.24) is 0 Å². The number of hydrogen-bond acceptors (Lipinski definition) is 5. The van der Waals surface area contributed by atoms with Gasteiger partial charge in [0.2, 0.25) is 0 Å². The fourth-order valence-corrected chi connectivity index (χ4v) is 4.79. The molecule has 2 aliphatic rings. The molecular weight excluding hydrogens is 416 g/mol. The SMILES string of the molecule is CC[C@@H]1OC(=O)[C@@H]2C[C@H](OCc3ccc(OC)cc3)C(C)=C[C@H]2O[C@@H](CC)c2ccccc21. The zero-order valence-electron chi connectivity index (χ0n) is 20.0. The van der Waals surface area contributed by atoms with E-state index in [1.807, 2.05) is 36.4 Å². The second kappa shape index (κ2) is 10.5. The molecule has 0 unspecified atom stereocenters. The molecule has 0 N–H and O–H groups in total. The van der Waals surface area contributed by atoms with E-state index in [-0.39, 0.29) is 30.4 Å². The lowest BCUT2D eigenvalue weighted by Crippen LogP contribution is -2.39. The Morgan fingerprint density at radius 3 is 2.27 bits per heavy atom. The molecule has 33 heavy (non-hydrogen) atoms. The number of benzene rings is 2. The molecule has 0 radical (unpaired) electrons. The van der Waals surface area contributed by atoms with Crippen molar-refractivity contribution < 1.29 is 23.7 Å². The molecule has 176 valence electrons. The minimum absolute atomic E-state index is 0.0851. The number of rotatable bonds is 6. The highest BCUT2D eigenvalue weighted by atomic mass is 16.6. The molecule has 0 aromatic heterocycles. The Kier molecular flexibility index (Phi) is 7.51. The van der Waals surface area contributed by atoms with Crippen LogP contribution in [0.1, 0.15) is 68.9 Å². The lowest BCUT2D eigenvalue weighted by Gasteiger charge is -2.34. The number of ether oxygens (including phenoxy) is 4. The van der Waals surface area contributed by atoms with E-state index in [1.165, 1.54) is 0 Å². The first kappa shape index (κ1) is 23.5. The molecule has 2 aromatic carbocycles. The average molecular weight is 451 g/mol. The van der Waals surface area contributed by atoms with Crippen LogP contribution < -0.4 is 4.74 Å². The second-order valence-corrected chi connectivity index (χ2v) is 8.86. The second-order valence-electron chi connectivity index (χ2n) is 8.86. The lowest BCUT2D eigenvalue weighted by molar-refractivity contribution is -0.162. The van der Waals surface area contributed by atoms with E-state index in [4.69, 9.17) is 18.9 Å². The Bertz CT molecular complexity index is 980. The van der Waals surface area contributed by atoms with E-state index in [2.05, 4.69) is 39.0 Å². The van der Waals surface area contributed by atoms with E-state index in [9.17, 15) is 4.79 Å². The van der Waals surface area contributed by atoms with Crippen LogP contribution in [0.25, 0.3) is 0 Å². The lowest BCUT2D eigenvalue weighted by atomic mass is 9.85. The van der Waals surface area contributed by atoms with E-state index < -0.39 is 5.92 Å². The first-order valence-corrected chi connectivity index (χ1v) is 11.9. The van der Waals surface area contributed by atoms with E-state index in [1.54, 1.807) is 7.11 Å². The molecule has 5 heteroatoms. The fourth-order valence-electron chi connectivity index (χ4n) is 4.79. The topological polar surface area (TPSA) is 54.0 Å². The van der Waals surface area contributed by atoms with Crippen LogP contribution in [0.5, 0.6) is 5.75 Å². The predicted octanol–water partition coefficient (Wildman–Crippen LogP) is 6.09. The third-order valence-electron chi connectivity index (χ3n) is 6.72. The summed E-state index contributed by atoms with van der Waals surface area (Å²) in [4.78, 5) is 13.3. The van der Waals surface area contributed by atoms with E-state index >= 15 is 0 Å². The van der Waals surface area contributed by atoms with Crippen molar-refractivity contribution in [2.45, 2.75) is 71.1 Å². The summed E-state index contributed by atoms with van der Waals surface area (Å²) >= 11 is 0. The Morgan fingerprint density at radius 2 is 1.64 bits per heavy atom. The van der Waals surface area contributed by atoms with E-state index in [0.29, 0.717) is 13.0 Å². The van der Waals surface area contributed by atoms with Crippen molar-refractivity contribution in [1.29, 1.82) is 0 Å². The van der Waals surface area contributed by atoms with Crippen LogP contribution in [0.3, 0.4) is 0 Å². The quantitative estimate of drug-likeness (QED) is 0.394. The highest BCUT2D eigenvalue weighted by molar-refractivity contribution is 5.74. The molecule has 0 fully saturated rings. The predicted molar refractivity (Wildman–Crippen MR) is 127 cm³/mol. The molecule has 4 rings (SSSR count). The fraction of sp³-hybridized carbons (Fsp3) is 0.464. The molecule has 5 nitrogen and oxygen atoms in total. The van der Waals surface area contributed by atoms with Crippen molar-refractivity contribution >= 4 is 5.97 Å². The molecule has 2 aromatic rings. The zero-order valence-corrected chi connectivity index (χ0v) is 20.0. The van der Waals surface area contributed by atoms with Gasteiger partial charge in [0.15, 0.2) is 0 Å². The molecule has 1 aliphatic heterocycles. The zero-order chi connectivity index (χ0) is 23.4. The van der Waals surface area contributed by atoms with Crippen molar-refractivity contribution in [2.24, 2.45) is 5.92 Å². The van der Waals surface area contributed by atoms with E-state index in [0.717, 1.165) is 40.9 Å². The summed E-state index contributed by atoms with van der Waals surface area (Å²) in [5.74, 6) is 0.213. The molecule has 1 aliphatic carbocycles. The number of fused-ring (bicyclic) bond motifs is 2. The summed E-state index contributed by atoms with van der Waals surface area (Å²) in [6.45, 7) is 6.70. The maximum absolute atomic E-state index is 13.3. The molecule has 0 saturated carbocycles. The molecule has 1 heterocycles. The first-order chi connectivity index (χ1) is 16.0. The van der Waals surface area contributed by atoms with Crippen molar-refractivity contribution in [2.75, 3.05) is 7.11 Å². The monoisotopic (exact) mass is 450 g/mol. The van der Waals surface area contributed by atoms with Crippen LogP contribution >= 0.6 is 0 Å². The van der Waals surface area contributed by atoms with Gasteiger partial charge in [-0.25, -0.2) is 0 Å². The van der Waals surface area contributed by atoms with Crippen molar-refractivity contribution in [3.8, 4) is 5.75 Å². The van der Waals surface area contributed by atoms with Crippen LogP contribution in [-0.4, -0.2) is 25.3 Å². The highest BCUT2D eigenvalue weighted by Gasteiger charge is 2.40. The van der Waals surface area contributed by atoms with Gasteiger partial charge in [0.1, 0.15) is 11.9 Å². The van der Waals surface area contributed by atoms with Crippen molar-refractivity contribution in [3.63, 3.8) is 0 Å². The minimum atomic E-state index is -0.396. The number of carbonyl (C=O) groups excluding carboxylic acids is 1. The molecular formula is C28H34O5. The largest absolute Gasteiger partial charge is 0.497 e. The number of esters is 1. The standard InChI is InChI=1S/C28H34O5/c1-5-24-21-9-7-8-10-22(21)25(6-2)33-28(29)23-16-26(18(3)15-27(23)32-24)31-17-19-11-13-20(30-4)14-12-19/h7-15,23-27H,5-6,16-17H2,1-4H3/t23-,24+,25+,26+,27-/m1/s1. The van der Waals surface area contributed by atoms with Gasteiger partial charge in [-0.2, -0.15) is 0 Å². The summed E-state index contributed by atoms with van der Waals surface area (Å²) in [6, 6.07) is 16.0. The van der Waals surface area contributed by atoms with Gasteiger partial charge in [0.25, 0.3) is 0 Å². The smallest absolute Gasteiger partial charge is 0.312 e. The summed E-state index contributed by atoms with van der Waals surface area (Å²) in [6.07, 6.45) is 3.32. The summed E-state index contributed by atoms with van der Waals surface area (Å²) in [7, 11) is 1.65. The Hall–Kier alpha value is -2.63. The Balaban J connectivity index is 1.56. The summed E-state index contributed by atoms with van der Waals surface area (Å²) in [5.41, 5.74) is 4.31. The van der Waals surface area contributed by atoms with Crippen molar-refractivity contribution in [3.05, 3.63) is 76.9 Å². The summed E-state index contributed by atoms with van der Waals surface area (Å²) in [5, 5.41) is 0. The maximum Gasteiger partial charge on any atom is 0.312 e. The van der Waals surface area contributed by atoms with Gasteiger partial charge >= 0.3 is 5.97 Å². The molecule has 0 bridgehead atoms. The van der Waals surface area contributed by atoms with Gasteiger partial charge in [0.05, 0.1) is 37.9 Å². The Labute approximate surface area is 196 Å². The maximum atomic E-state index is 13.3. The van der Waals surface area contributed by atoms with Gasteiger partial charge < -0.3 is 18.9 Å². The van der Waals surface area contributed by atoms with Crippen LogP contribution in [0.4, 0.5) is 0 Å². The first-order valence-electron chi connectivity index (χ1n) is 11.9. The van der Waals surface area contributed by atoms with Gasteiger partial charge in [-0.1, -0.05) is 56.3 Å². The van der Waals surface area contributed by atoms with Gasteiger partial charge in [0, 0.05) is 0 Å². The third-order valence-corrected chi connectivity index (χ3v) is 6.72. The number of hydrogen-bond donors (Lipinski definition) is 0. The van der Waals surface area contributed by atoms with Crippen LogP contribution in [0.15, 0.2) is 60.2 Å². The van der Waals surface area contributed by atoms with Gasteiger partial charge in [-0.05, 0) is 60.6 Å². The third kappa shape index (κ3) is 5.15. The number of carbonyl (C=O) groups is 1.